The van der Waals surface area contributed by atoms with Crippen molar-refractivity contribution in [3.63, 3.8) is 0 Å². The lowest BCUT2D eigenvalue weighted by Gasteiger charge is -2.19. The van der Waals surface area contributed by atoms with Gasteiger partial charge in [-0.15, -0.1) is 0 Å². The molecular weight excluding hydrogens is 287 g/mol. The summed E-state index contributed by atoms with van der Waals surface area (Å²) < 4.78 is 13.4. The maximum Gasteiger partial charge on any atom is 0.254 e. The lowest BCUT2D eigenvalue weighted by atomic mass is 10.1. The van der Waals surface area contributed by atoms with Crippen LogP contribution in [0, 0.1) is 11.7 Å². The molecule has 0 aliphatic heterocycles. The molecule has 1 aromatic heterocycles. The maximum atomic E-state index is 13.4. The van der Waals surface area contributed by atoms with Crippen LogP contribution in [0.5, 0.6) is 0 Å². The Morgan fingerprint density at radius 2 is 2.41 bits per heavy atom. The number of aromatic nitrogens is 1. The number of pyridine rings is 1. The van der Waals surface area contributed by atoms with E-state index < -0.39 is 5.82 Å². The Morgan fingerprint density at radius 1 is 1.59 bits per heavy atom. The van der Waals surface area contributed by atoms with Gasteiger partial charge in [0.2, 0.25) is 0 Å². The van der Waals surface area contributed by atoms with Crippen molar-refractivity contribution < 1.29 is 9.18 Å². The van der Waals surface area contributed by atoms with E-state index in [2.05, 4.69) is 26.2 Å². The van der Waals surface area contributed by atoms with Crippen molar-refractivity contribution in [1.29, 1.82) is 0 Å². The molecule has 1 fully saturated rings. The molecule has 0 spiro atoms. The van der Waals surface area contributed by atoms with Crippen LogP contribution in [0.3, 0.4) is 0 Å². The molecular formula is C12H14BrFN2O. The van der Waals surface area contributed by atoms with Crippen LogP contribution in [0.15, 0.2) is 18.5 Å². The van der Waals surface area contributed by atoms with Crippen molar-refractivity contribution in [2.75, 3.05) is 5.33 Å². The molecule has 3 nitrogen and oxygen atoms in total. The van der Waals surface area contributed by atoms with E-state index in [0.717, 1.165) is 30.8 Å². The van der Waals surface area contributed by atoms with E-state index >= 15 is 0 Å². The lowest BCUT2D eigenvalue weighted by Crippen LogP contribution is -2.38. The zero-order valence-corrected chi connectivity index (χ0v) is 10.9. The first kappa shape index (κ1) is 12.5. The van der Waals surface area contributed by atoms with E-state index in [-0.39, 0.29) is 17.5 Å². The minimum absolute atomic E-state index is 0.0697. The molecule has 17 heavy (non-hydrogen) atoms. The molecule has 2 atom stereocenters. The quantitative estimate of drug-likeness (QED) is 0.872. The normalized spacial score (nSPS) is 23.6. The molecule has 1 saturated carbocycles. The van der Waals surface area contributed by atoms with Gasteiger partial charge < -0.3 is 5.32 Å². The summed E-state index contributed by atoms with van der Waals surface area (Å²) in [6.07, 6.45) is 5.67. The highest BCUT2D eigenvalue weighted by molar-refractivity contribution is 9.09. The Bertz CT molecular complexity index is 413. The van der Waals surface area contributed by atoms with Gasteiger partial charge in [0, 0.05) is 17.6 Å². The number of carbonyl (C=O) groups is 1. The fraction of sp³-hybridized carbons (Fsp3) is 0.500. The van der Waals surface area contributed by atoms with E-state index in [0.29, 0.717) is 5.92 Å². The third kappa shape index (κ3) is 2.83. The Balaban J connectivity index is 2.04. The molecule has 1 aliphatic carbocycles. The van der Waals surface area contributed by atoms with Gasteiger partial charge in [0.15, 0.2) is 5.82 Å². The number of carbonyl (C=O) groups excluding carboxylic acids is 1. The minimum atomic E-state index is -0.571. The molecule has 1 amide bonds. The molecule has 1 aliphatic rings. The van der Waals surface area contributed by atoms with Crippen LogP contribution in [0.1, 0.15) is 29.6 Å². The van der Waals surface area contributed by atoms with Gasteiger partial charge in [0.25, 0.3) is 5.91 Å². The standard InChI is InChI=1S/C12H14BrFN2O/c13-6-8-2-1-3-11(8)16-12(17)9-4-5-15-7-10(9)14/h4-5,7-8,11H,1-3,6H2,(H,16,17). The van der Waals surface area contributed by atoms with Crippen molar-refractivity contribution in [2.24, 2.45) is 5.92 Å². The molecule has 1 N–H and O–H groups in total. The van der Waals surface area contributed by atoms with E-state index in [4.69, 9.17) is 0 Å². The predicted molar refractivity (Wildman–Crippen MR) is 66.6 cm³/mol. The minimum Gasteiger partial charge on any atom is -0.349 e. The Kier molecular flexibility index (Phi) is 4.10. The predicted octanol–water partition coefficient (Wildman–Crippen LogP) is 2.51. The molecule has 0 bridgehead atoms. The van der Waals surface area contributed by atoms with Gasteiger partial charge in [0.05, 0.1) is 11.8 Å². The zero-order valence-electron chi connectivity index (χ0n) is 9.33. The van der Waals surface area contributed by atoms with E-state index in [9.17, 15) is 9.18 Å². The average molecular weight is 301 g/mol. The third-order valence-corrected chi connectivity index (χ3v) is 4.02. The number of halogens is 2. The van der Waals surface area contributed by atoms with Crippen molar-refractivity contribution in [2.45, 2.75) is 25.3 Å². The molecule has 2 unspecified atom stereocenters. The number of alkyl halides is 1. The van der Waals surface area contributed by atoms with Crippen LogP contribution in [0.4, 0.5) is 4.39 Å². The van der Waals surface area contributed by atoms with Crippen molar-refractivity contribution in [3.8, 4) is 0 Å². The van der Waals surface area contributed by atoms with Crippen molar-refractivity contribution >= 4 is 21.8 Å². The number of amides is 1. The van der Waals surface area contributed by atoms with Gasteiger partial charge in [-0.3, -0.25) is 9.78 Å². The average Bonchev–Trinajstić information content (AvgIpc) is 2.76. The van der Waals surface area contributed by atoms with Gasteiger partial charge >= 0.3 is 0 Å². The van der Waals surface area contributed by atoms with Crippen LogP contribution in [-0.4, -0.2) is 22.3 Å². The van der Waals surface area contributed by atoms with E-state index in [1.807, 2.05) is 0 Å². The van der Waals surface area contributed by atoms with Gasteiger partial charge in [-0.2, -0.15) is 0 Å². The van der Waals surface area contributed by atoms with Gasteiger partial charge in [-0.25, -0.2) is 4.39 Å². The fourth-order valence-electron chi connectivity index (χ4n) is 2.22. The molecule has 92 valence electrons. The monoisotopic (exact) mass is 300 g/mol. The first-order valence-electron chi connectivity index (χ1n) is 5.68. The van der Waals surface area contributed by atoms with Crippen LogP contribution in [0.25, 0.3) is 0 Å². The summed E-state index contributed by atoms with van der Waals surface area (Å²) in [7, 11) is 0. The second kappa shape index (κ2) is 5.58. The molecule has 0 radical (unpaired) electrons. The highest BCUT2D eigenvalue weighted by Gasteiger charge is 2.28. The van der Waals surface area contributed by atoms with Gasteiger partial charge in [-0.05, 0) is 24.8 Å². The van der Waals surface area contributed by atoms with Crippen molar-refractivity contribution in [1.82, 2.24) is 10.3 Å². The van der Waals surface area contributed by atoms with Gasteiger partial charge in [-0.1, -0.05) is 22.4 Å². The Morgan fingerprint density at radius 3 is 3.12 bits per heavy atom. The van der Waals surface area contributed by atoms with Crippen LogP contribution in [0.2, 0.25) is 0 Å². The summed E-state index contributed by atoms with van der Waals surface area (Å²) in [5.74, 6) is -0.468. The summed E-state index contributed by atoms with van der Waals surface area (Å²) in [5, 5.41) is 3.77. The summed E-state index contributed by atoms with van der Waals surface area (Å²) in [5.41, 5.74) is 0.0697. The first-order valence-corrected chi connectivity index (χ1v) is 6.81. The molecule has 0 aromatic carbocycles. The smallest absolute Gasteiger partial charge is 0.254 e. The third-order valence-electron chi connectivity index (χ3n) is 3.19. The fourth-order valence-corrected chi connectivity index (χ4v) is 2.99. The second-order valence-corrected chi connectivity index (χ2v) is 4.93. The summed E-state index contributed by atoms with van der Waals surface area (Å²) in [4.78, 5) is 15.5. The molecule has 5 heteroatoms. The SMILES string of the molecule is O=C(NC1CCCC1CBr)c1ccncc1F. The van der Waals surface area contributed by atoms with Crippen LogP contribution < -0.4 is 5.32 Å². The summed E-state index contributed by atoms with van der Waals surface area (Å²) >= 11 is 3.44. The first-order chi connectivity index (χ1) is 8.22. The van der Waals surface area contributed by atoms with E-state index in [1.54, 1.807) is 0 Å². The zero-order chi connectivity index (χ0) is 12.3. The molecule has 1 aromatic rings. The lowest BCUT2D eigenvalue weighted by molar-refractivity contribution is 0.0926. The Hall–Kier alpha value is -0.970. The molecule has 2 rings (SSSR count). The molecule has 1 heterocycles. The second-order valence-electron chi connectivity index (χ2n) is 4.28. The topological polar surface area (TPSA) is 42.0 Å². The summed E-state index contributed by atoms with van der Waals surface area (Å²) in [6.45, 7) is 0. The number of hydrogen-bond acceptors (Lipinski definition) is 2. The van der Waals surface area contributed by atoms with Gasteiger partial charge in [0.1, 0.15) is 0 Å². The highest BCUT2D eigenvalue weighted by Crippen LogP contribution is 2.27. The van der Waals surface area contributed by atoms with E-state index in [1.165, 1.54) is 12.3 Å². The Labute approximate surface area is 108 Å². The number of hydrogen-bond donors (Lipinski definition) is 1. The molecule has 0 saturated heterocycles. The highest BCUT2D eigenvalue weighted by atomic mass is 79.9. The number of nitrogens with one attached hydrogen (secondary N) is 1. The number of rotatable bonds is 3. The van der Waals surface area contributed by atoms with Crippen LogP contribution in [-0.2, 0) is 0 Å². The maximum absolute atomic E-state index is 13.4. The largest absolute Gasteiger partial charge is 0.349 e. The van der Waals surface area contributed by atoms with Crippen molar-refractivity contribution in [3.05, 3.63) is 29.8 Å². The number of nitrogens with zero attached hydrogens (tertiary/aromatic N) is 1. The summed E-state index contributed by atoms with van der Waals surface area (Å²) in [6, 6.07) is 1.55. The van der Waals surface area contributed by atoms with Crippen LogP contribution >= 0.6 is 15.9 Å².